The lowest BCUT2D eigenvalue weighted by Crippen LogP contribution is -2.12. The van der Waals surface area contributed by atoms with Crippen LogP contribution in [0, 0.1) is 18.6 Å². The molecule has 0 atom stereocenters. The van der Waals surface area contributed by atoms with Gasteiger partial charge in [-0.25, -0.2) is 13.6 Å². The van der Waals surface area contributed by atoms with Crippen molar-refractivity contribution in [2.75, 3.05) is 6.07 Å². The first kappa shape index (κ1) is 15.4. The number of alkyl halides is 1. The number of hydrogen-bond acceptors (Lipinski definition) is 4. The molecule has 0 saturated carbocycles. The Morgan fingerprint density at radius 3 is 2.71 bits per heavy atom. The Morgan fingerprint density at radius 1 is 1.38 bits per heavy atom. The Balaban J connectivity index is 2.71. The number of pyridine rings is 1. The smallest absolute Gasteiger partial charge is 0.418 e. The van der Waals surface area contributed by atoms with Crippen molar-refractivity contribution >= 4 is 28.7 Å². The summed E-state index contributed by atoms with van der Waals surface area (Å²) < 4.78 is 36.9. The Morgan fingerprint density at radius 2 is 2.10 bits per heavy atom. The van der Waals surface area contributed by atoms with Crippen LogP contribution in [0.2, 0.25) is 0 Å². The van der Waals surface area contributed by atoms with E-state index in [4.69, 9.17) is 16.3 Å². The Labute approximate surface area is 124 Å². The molecule has 0 fully saturated rings. The molecule has 2 rings (SSSR count). The van der Waals surface area contributed by atoms with Crippen LogP contribution in [0.15, 0.2) is 12.1 Å². The molecule has 1 heterocycles. The highest BCUT2D eigenvalue weighted by Gasteiger charge is 2.21. The molecule has 0 aliphatic carbocycles. The summed E-state index contributed by atoms with van der Waals surface area (Å²) in [4.78, 5) is 15.7. The lowest BCUT2D eigenvalue weighted by molar-refractivity contribution is 0.115. The van der Waals surface area contributed by atoms with Crippen molar-refractivity contribution in [3.05, 3.63) is 35.0 Å². The van der Waals surface area contributed by atoms with E-state index < -0.39 is 23.9 Å². The van der Waals surface area contributed by atoms with Gasteiger partial charge in [0, 0.05) is 11.3 Å². The monoisotopic (exact) mass is 315 g/mol. The minimum absolute atomic E-state index is 0.107. The number of ether oxygens (including phenoxy) is 2. The SMILES string of the molecule is CCc1nc2ccc(F)c(F)c2c(OC(=O)OCCl)c1C. The maximum absolute atomic E-state index is 14.0. The van der Waals surface area contributed by atoms with Crippen LogP contribution in [-0.2, 0) is 11.2 Å². The second-order valence-electron chi connectivity index (χ2n) is 4.23. The molecule has 0 N–H and O–H groups in total. The zero-order valence-corrected chi connectivity index (χ0v) is 12.1. The summed E-state index contributed by atoms with van der Waals surface area (Å²) in [6, 6.07) is 1.89. The van der Waals surface area contributed by atoms with E-state index in [1.165, 1.54) is 6.07 Å². The van der Waals surface area contributed by atoms with Gasteiger partial charge in [-0.1, -0.05) is 18.5 Å². The number of aromatic nitrogens is 1. The van der Waals surface area contributed by atoms with Crippen LogP contribution in [0.25, 0.3) is 10.9 Å². The largest absolute Gasteiger partial charge is 0.515 e. The number of hydrogen-bond donors (Lipinski definition) is 0. The van der Waals surface area contributed by atoms with Crippen molar-refractivity contribution in [2.24, 2.45) is 0 Å². The first-order chi connectivity index (χ1) is 9.99. The Bertz CT molecular complexity index is 706. The van der Waals surface area contributed by atoms with Gasteiger partial charge in [0.15, 0.2) is 23.5 Å². The van der Waals surface area contributed by atoms with Gasteiger partial charge in [0.25, 0.3) is 0 Å². The van der Waals surface area contributed by atoms with E-state index in [1.54, 1.807) is 6.92 Å². The number of fused-ring (bicyclic) bond motifs is 1. The molecule has 21 heavy (non-hydrogen) atoms. The number of carbonyl (C=O) groups excluding carboxylic acids is 1. The normalized spacial score (nSPS) is 10.7. The molecule has 1 aromatic heterocycles. The lowest BCUT2D eigenvalue weighted by Gasteiger charge is -2.13. The van der Waals surface area contributed by atoms with Crippen LogP contribution in [0.1, 0.15) is 18.2 Å². The zero-order valence-electron chi connectivity index (χ0n) is 11.4. The number of carbonyl (C=O) groups is 1. The third kappa shape index (κ3) is 2.90. The number of benzene rings is 1. The molecule has 0 bridgehead atoms. The Hall–Kier alpha value is -1.95. The predicted molar refractivity (Wildman–Crippen MR) is 73.6 cm³/mol. The summed E-state index contributed by atoms with van der Waals surface area (Å²) in [5.74, 6) is -2.29. The second-order valence-corrected chi connectivity index (χ2v) is 4.45. The molecular weight excluding hydrogens is 304 g/mol. The molecule has 0 unspecified atom stereocenters. The predicted octanol–water partition coefficient (Wildman–Crippen LogP) is 4.10. The highest BCUT2D eigenvalue weighted by atomic mass is 35.5. The molecule has 0 saturated heterocycles. The van der Waals surface area contributed by atoms with Crippen molar-refractivity contribution in [3.8, 4) is 5.75 Å². The van der Waals surface area contributed by atoms with Gasteiger partial charge >= 0.3 is 6.16 Å². The van der Waals surface area contributed by atoms with Gasteiger partial charge in [-0.15, -0.1) is 0 Å². The topological polar surface area (TPSA) is 48.4 Å². The van der Waals surface area contributed by atoms with Gasteiger partial charge in [-0.05, 0) is 25.5 Å². The summed E-state index contributed by atoms with van der Waals surface area (Å²) in [6.45, 7) is 3.46. The summed E-state index contributed by atoms with van der Waals surface area (Å²) in [7, 11) is 0. The molecule has 0 spiro atoms. The fraction of sp³-hybridized carbons (Fsp3) is 0.286. The minimum atomic E-state index is -1.13. The fourth-order valence-electron chi connectivity index (χ4n) is 2.03. The van der Waals surface area contributed by atoms with Crippen LogP contribution in [0.5, 0.6) is 5.75 Å². The molecular formula is C14H12ClF2NO3. The van der Waals surface area contributed by atoms with E-state index in [0.29, 0.717) is 17.7 Å². The third-order valence-electron chi connectivity index (χ3n) is 3.02. The van der Waals surface area contributed by atoms with Crippen LogP contribution >= 0.6 is 11.6 Å². The van der Waals surface area contributed by atoms with Gasteiger partial charge in [0.2, 0.25) is 0 Å². The standard InChI is InChI=1S/C14H12ClF2NO3/c1-3-9-7(2)13(21-14(19)20-6-15)11-10(18-9)5-4-8(16)12(11)17/h4-5H,3,6H2,1-2H3. The number of nitrogens with zero attached hydrogens (tertiary/aromatic N) is 1. The zero-order chi connectivity index (χ0) is 15.6. The van der Waals surface area contributed by atoms with Gasteiger partial charge in [-0.2, -0.15) is 0 Å². The van der Waals surface area contributed by atoms with Crippen molar-refractivity contribution in [3.63, 3.8) is 0 Å². The molecule has 0 amide bonds. The van der Waals surface area contributed by atoms with Gasteiger partial charge in [0.1, 0.15) is 0 Å². The summed E-state index contributed by atoms with van der Waals surface area (Å²) in [5, 5.41) is -0.198. The van der Waals surface area contributed by atoms with Crippen LogP contribution in [-0.4, -0.2) is 17.2 Å². The summed E-state index contributed by atoms with van der Waals surface area (Å²) in [6.07, 6.45) is -0.548. The van der Waals surface area contributed by atoms with Crippen molar-refractivity contribution in [2.45, 2.75) is 20.3 Å². The Kier molecular flexibility index (Phi) is 4.57. The lowest BCUT2D eigenvalue weighted by atomic mass is 10.1. The van der Waals surface area contributed by atoms with E-state index >= 15 is 0 Å². The number of aryl methyl sites for hydroxylation is 1. The van der Waals surface area contributed by atoms with E-state index in [0.717, 1.165) is 6.07 Å². The quantitative estimate of drug-likeness (QED) is 0.632. The first-order valence-electron chi connectivity index (χ1n) is 6.17. The maximum atomic E-state index is 14.0. The third-order valence-corrected chi connectivity index (χ3v) is 3.13. The van der Waals surface area contributed by atoms with E-state index in [2.05, 4.69) is 9.72 Å². The van der Waals surface area contributed by atoms with Crippen LogP contribution in [0.4, 0.5) is 13.6 Å². The summed E-state index contributed by atoms with van der Waals surface area (Å²) in [5.41, 5.74) is 1.26. The van der Waals surface area contributed by atoms with Crippen molar-refractivity contribution in [1.82, 2.24) is 4.98 Å². The van der Waals surface area contributed by atoms with Crippen molar-refractivity contribution < 1.29 is 23.0 Å². The number of rotatable bonds is 3. The van der Waals surface area contributed by atoms with E-state index in [-0.39, 0.29) is 16.7 Å². The maximum Gasteiger partial charge on any atom is 0.515 e. The number of halogens is 3. The van der Waals surface area contributed by atoms with Crippen molar-refractivity contribution in [1.29, 1.82) is 0 Å². The molecule has 7 heteroatoms. The molecule has 0 aliphatic heterocycles. The van der Waals surface area contributed by atoms with Gasteiger partial charge in [-0.3, -0.25) is 4.98 Å². The molecule has 2 aromatic rings. The van der Waals surface area contributed by atoms with E-state index in [9.17, 15) is 13.6 Å². The summed E-state index contributed by atoms with van der Waals surface area (Å²) >= 11 is 5.27. The first-order valence-corrected chi connectivity index (χ1v) is 6.70. The average molecular weight is 316 g/mol. The highest BCUT2D eigenvalue weighted by Crippen LogP contribution is 2.33. The molecule has 1 aromatic carbocycles. The van der Waals surface area contributed by atoms with Crippen LogP contribution in [0.3, 0.4) is 0 Å². The van der Waals surface area contributed by atoms with E-state index in [1.807, 2.05) is 6.92 Å². The second kappa shape index (κ2) is 6.22. The molecule has 0 radical (unpaired) electrons. The molecule has 112 valence electrons. The fourth-order valence-corrected chi connectivity index (χ4v) is 2.12. The van der Waals surface area contributed by atoms with Crippen LogP contribution < -0.4 is 4.74 Å². The van der Waals surface area contributed by atoms with Gasteiger partial charge in [0.05, 0.1) is 10.9 Å². The minimum Gasteiger partial charge on any atom is -0.418 e. The molecule has 4 nitrogen and oxygen atoms in total. The highest BCUT2D eigenvalue weighted by molar-refractivity contribution is 6.17. The molecule has 0 aliphatic rings. The average Bonchev–Trinajstić information content (AvgIpc) is 2.45. The van der Waals surface area contributed by atoms with Gasteiger partial charge < -0.3 is 9.47 Å².